The molecule has 3 aromatic carbocycles. The normalized spacial score (nSPS) is 10.9. The zero-order valence-corrected chi connectivity index (χ0v) is 16.4. The number of para-hydroxylation sites is 1. The first-order valence-corrected chi connectivity index (χ1v) is 10.1. The van der Waals surface area contributed by atoms with Crippen LogP contribution in [0.4, 0.5) is 11.4 Å². The quantitative estimate of drug-likeness (QED) is 0.623. The maximum atomic E-state index is 12.7. The summed E-state index contributed by atoms with van der Waals surface area (Å²) in [6, 6.07) is 18.9. The molecule has 3 aromatic rings. The summed E-state index contributed by atoms with van der Waals surface area (Å²) < 4.78 is 32.9. The number of carbonyl (C=O) groups excluding carboxylic acids is 1. The molecular formula is C20H17ClN2O4S. The molecule has 0 aromatic heterocycles. The zero-order chi connectivity index (χ0) is 20.1. The molecule has 0 spiro atoms. The molecule has 0 saturated carbocycles. The number of anilines is 2. The van der Waals surface area contributed by atoms with Crippen molar-refractivity contribution >= 4 is 38.9 Å². The topological polar surface area (TPSA) is 84.5 Å². The predicted octanol–water partition coefficient (Wildman–Crippen LogP) is 4.40. The van der Waals surface area contributed by atoms with Crippen molar-refractivity contribution in [3.05, 3.63) is 83.4 Å². The third-order valence-corrected chi connectivity index (χ3v) is 5.52. The number of hydrogen-bond donors (Lipinski definition) is 2. The maximum Gasteiger partial charge on any atom is 0.261 e. The highest BCUT2D eigenvalue weighted by Gasteiger charge is 2.19. The fourth-order valence-electron chi connectivity index (χ4n) is 2.46. The molecule has 0 unspecified atom stereocenters. The highest BCUT2D eigenvalue weighted by atomic mass is 35.5. The van der Waals surface area contributed by atoms with Crippen molar-refractivity contribution in [2.75, 3.05) is 17.1 Å². The Morgan fingerprint density at radius 2 is 1.57 bits per heavy atom. The van der Waals surface area contributed by atoms with Crippen LogP contribution in [0.25, 0.3) is 0 Å². The lowest BCUT2D eigenvalue weighted by Gasteiger charge is -2.13. The summed E-state index contributed by atoms with van der Waals surface area (Å²) in [5, 5.41) is 3.26. The molecule has 3 rings (SSSR count). The van der Waals surface area contributed by atoms with E-state index in [0.29, 0.717) is 16.5 Å². The molecule has 0 saturated heterocycles. The van der Waals surface area contributed by atoms with Gasteiger partial charge in [-0.1, -0.05) is 23.7 Å². The summed E-state index contributed by atoms with van der Waals surface area (Å²) in [6.07, 6.45) is 0. The van der Waals surface area contributed by atoms with Crippen molar-refractivity contribution in [1.29, 1.82) is 0 Å². The number of benzene rings is 3. The average Bonchev–Trinajstić information content (AvgIpc) is 2.70. The Balaban J connectivity index is 1.84. The van der Waals surface area contributed by atoms with Gasteiger partial charge in [-0.2, -0.15) is 0 Å². The minimum absolute atomic E-state index is 0.0567. The van der Waals surface area contributed by atoms with Crippen molar-refractivity contribution in [2.45, 2.75) is 4.90 Å². The summed E-state index contributed by atoms with van der Waals surface area (Å²) in [5.41, 5.74) is 0.904. The number of rotatable bonds is 6. The van der Waals surface area contributed by atoms with Crippen LogP contribution in [-0.2, 0) is 10.0 Å². The molecule has 0 atom stereocenters. The second-order valence-corrected chi connectivity index (χ2v) is 7.91. The molecule has 6 nitrogen and oxygen atoms in total. The predicted molar refractivity (Wildman–Crippen MR) is 110 cm³/mol. The molecule has 28 heavy (non-hydrogen) atoms. The van der Waals surface area contributed by atoms with Gasteiger partial charge >= 0.3 is 0 Å². The van der Waals surface area contributed by atoms with E-state index in [-0.39, 0.29) is 16.1 Å². The number of methoxy groups -OCH3 is 1. The first-order chi connectivity index (χ1) is 13.4. The van der Waals surface area contributed by atoms with Crippen LogP contribution < -0.4 is 14.8 Å². The monoisotopic (exact) mass is 416 g/mol. The van der Waals surface area contributed by atoms with Gasteiger partial charge in [0.05, 0.1) is 23.3 Å². The Bertz CT molecular complexity index is 1080. The van der Waals surface area contributed by atoms with Crippen molar-refractivity contribution < 1.29 is 17.9 Å². The van der Waals surface area contributed by atoms with Gasteiger partial charge in [-0.3, -0.25) is 9.52 Å². The molecular weight excluding hydrogens is 400 g/mol. The van der Waals surface area contributed by atoms with E-state index in [9.17, 15) is 13.2 Å². The number of nitrogens with one attached hydrogen (secondary N) is 2. The number of carbonyl (C=O) groups is 1. The molecule has 0 fully saturated rings. The fourth-order valence-corrected chi connectivity index (χ4v) is 3.67. The Morgan fingerprint density at radius 3 is 2.21 bits per heavy atom. The maximum absolute atomic E-state index is 12.7. The molecule has 1 amide bonds. The minimum atomic E-state index is -3.88. The molecule has 0 radical (unpaired) electrons. The van der Waals surface area contributed by atoms with Gasteiger partial charge in [0, 0.05) is 10.7 Å². The minimum Gasteiger partial charge on any atom is -0.497 e. The van der Waals surface area contributed by atoms with Crippen LogP contribution in [0.15, 0.2) is 77.7 Å². The third kappa shape index (κ3) is 4.62. The van der Waals surface area contributed by atoms with E-state index in [0.717, 1.165) is 0 Å². The van der Waals surface area contributed by atoms with E-state index < -0.39 is 15.9 Å². The number of hydrogen-bond acceptors (Lipinski definition) is 4. The van der Waals surface area contributed by atoms with Crippen LogP contribution in [-0.4, -0.2) is 21.4 Å². The number of halogens is 1. The summed E-state index contributed by atoms with van der Waals surface area (Å²) >= 11 is 5.84. The van der Waals surface area contributed by atoms with Crippen LogP contribution in [0.5, 0.6) is 5.75 Å². The summed E-state index contributed by atoms with van der Waals surface area (Å²) in [7, 11) is -2.38. The van der Waals surface area contributed by atoms with E-state index in [1.807, 2.05) is 0 Å². The van der Waals surface area contributed by atoms with Gasteiger partial charge in [-0.15, -0.1) is 0 Å². The van der Waals surface area contributed by atoms with Gasteiger partial charge in [-0.05, 0) is 60.7 Å². The Morgan fingerprint density at radius 1 is 0.929 bits per heavy atom. The standard InChI is InChI=1S/C20H17ClN2O4S/c1-27-16-10-12-17(13-11-16)28(25,26)23-19-5-3-2-4-18(19)20(24)22-15-8-6-14(21)7-9-15/h2-13,23H,1H3,(H,22,24). The van der Waals surface area contributed by atoms with Crippen LogP contribution in [0.3, 0.4) is 0 Å². The Hall–Kier alpha value is -3.03. The molecule has 0 aliphatic rings. The lowest BCUT2D eigenvalue weighted by atomic mass is 10.1. The van der Waals surface area contributed by atoms with E-state index >= 15 is 0 Å². The molecule has 0 bridgehead atoms. The van der Waals surface area contributed by atoms with Crippen LogP contribution >= 0.6 is 11.6 Å². The second kappa shape index (κ2) is 8.33. The van der Waals surface area contributed by atoms with E-state index in [1.54, 1.807) is 48.5 Å². The van der Waals surface area contributed by atoms with Crippen molar-refractivity contribution in [3.63, 3.8) is 0 Å². The van der Waals surface area contributed by atoms with E-state index in [2.05, 4.69) is 10.0 Å². The van der Waals surface area contributed by atoms with Crippen molar-refractivity contribution in [1.82, 2.24) is 0 Å². The summed E-state index contributed by atoms with van der Waals surface area (Å²) in [4.78, 5) is 12.7. The number of sulfonamides is 1. The van der Waals surface area contributed by atoms with Gasteiger partial charge in [0.2, 0.25) is 0 Å². The van der Waals surface area contributed by atoms with Gasteiger partial charge in [-0.25, -0.2) is 8.42 Å². The first kappa shape index (κ1) is 19.7. The largest absolute Gasteiger partial charge is 0.497 e. The van der Waals surface area contributed by atoms with Gasteiger partial charge in [0.25, 0.3) is 15.9 Å². The number of amides is 1. The lowest BCUT2D eigenvalue weighted by Crippen LogP contribution is -2.18. The Kier molecular flexibility index (Phi) is 5.87. The summed E-state index contributed by atoms with van der Waals surface area (Å²) in [5.74, 6) is 0.0945. The third-order valence-electron chi connectivity index (χ3n) is 3.89. The van der Waals surface area contributed by atoms with Gasteiger partial charge in [0.1, 0.15) is 5.75 Å². The highest BCUT2D eigenvalue weighted by molar-refractivity contribution is 7.92. The van der Waals surface area contributed by atoms with Crippen LogP contribution in [0, 0.1) is 0 Å². The molecule has 2 N–H and O–H groups in total. The van der Waals surface area contributed by atoms with Gasteiger partial charge < -0.3 is 10.1 Å². The molecule has 0 aliphatic carbocycles. The van der Waals surface area contributed by atoms with Crippen molar-refractivity contribution in [3.8, 4) is 5.75 Å². The molecule has 0 aliphatic heterocycles. The molecule has 0 heterocycles. The number of ether oxygens (including phenoxy) is 1. The second-order valence-electron chi connectivity index (χ2n) is 5.79. The van der Waals surface area contributed by atoms with E-state index in [1.165, 1.54) is 31.4 Å². The fraction of sp³-hybridized carbons (Fsp3) is 0.0500. The first-order valence-electron chi connectivity index (χ1n) is 8.22. The zero-order valence-electron chi connectivity index (χ0n) is 14.8. The SMILES string of the molecule is COc1ccc(S(=O)(=O)Nc2ccccc2C(=O)Nc2ccc(Cl)cc2)cc1. The highest BCUT2D eigenvalue weighted by Crippen LogP contribution is 2.23. The lowest BCUT2D eigenvalue weighted by molar-refractivity contribution is 0.102. The molecule has 144 valence electrons. The summed E-state index contributed by atoms with van der Waals surface area (Å²) in [6.45, 7) is 0. The molecule has 8 heteroatoms. The van der Waals surface area contributed by atoms with Gasteiger partial charge in [0.15, 0.2) is 0 Å². The van der Waals surface area contributed by atoms with Crippen LogP contribution in [0.1, 0.15) is 10.4 Å². The van der Waals surface area contributed by atoms with E-state index in [4.69, 9.17) is 16.3 Å². The average molecular weight is 417 g/mol. The smallest absolute Gasteiger partial charge is 0.261 e. The van der Waals surface area contributed by atoms with Crippen LogP contribution in [0.2, 0.25) is 5.02 Å². The Labute approximate surface area is 168 Å². The van der Waals surface area contributed by atoms with Crippen molar-refractivity contribution in [2.24, 2.45) is 0 Å².